The Morgan fingerprint density at radius 1 is 1.00 bits per heavy atom. The van der Waals surface area contributed by atoms with Crippen LogP contribution in [0.4, 0.5) is 26.4 Å². The van der Waals surface area contributed by atoms with Crippen LogP contribution in [0.2, 0.25) is 5.28 Å². The zero-order chi connectivity index (χ0) is 18.2. The summed E-state index contributed by atoms with van der Waals surface area (Å²) < 4.78 is 26.5. The molecule has 0 saturated carbocycles. The third kappa shape index (κ3) is 6.39. The van der Waals surface area contributed by atoms with E-state index in [-0.39, 0.29) is 16.9 Å². The number of nitrogens with zero attached hydrogens (tertiary/aromatic N) is 4. The van der Waals surface area contributed by atoms with Crippen LogP contribution in [0.1, 0.15) is 20.3 Å². The highest BCUT2D eigenvalue weighted by Crippen LogP contribution is 2.18. The normalized spacial score (nSPS) is 11.0. The summed E-state index contributed by atoms with van der Waals surface area (Å²) in [6, 6.07) is 3.06. The molecule has 2 rings (SSSR count). The number of benzene rings is 1. The zero-order valence-electron chi connectivity index (χ0n) is 14.2. The fraction of sp³-hybridized carbons (Fsp3) is 0.438. The van der Waals surface area contributed by atoms with E-state index < -0.39 is 11.6 Å². The predicted octanol–water partition coefficient (Wildman–Crippen LogP) is 3.69. The van der Waals surface area contributed by atoms with Crippen LogP contribution in [-0.2, 0) is 0 Å². The van der Waals surface area contributed by atoms with Gasteiger partial charge in [0.2, 0.25) is 17.2 Å². The number of hydrogen-bond acceptors (Lipinski definition) is 6. The molecule has 9 heteroatoms. The van der Waals surface area contributed by atoms with Gasteiger partial charge in [-0.3, -0.25) is 0 Å². The van der Waals surface area contributed by atoms with Gasteiger partial charge < -0.3 is 15.5 Å². The molecule has 0 unspecified atom stereocenters. The summed E-state index contributed by atoms with van der Waals surface area (Å²) in [5.41, 5.74) is 0.187. The van der Waals surface area contributed by atoms with Crippen LogP contribution in [0.15, 0.2) is 18.2 Å². The van der Waals surface area contributed by atoms with Crippen molar-refractivity contribution in [2.24, 2.45) is 0 Å². The fourth-order valence-corrected chi connectivity index (χ4v) is 2.44. The molecular weight excluding hydrogens is 350 g/mol. The minimum absolute atomic E-state index is 0.0133. The molecule has 0 amide bonds. The Labute approximate surface area is 150 Å². The maximum Gasteiger partial charge on any atom is 0.233 e. The van der Waals surface area contributed by atoms with Gasteiger partial charge in [-0.05, 0) is 49.8 Å². The van der Waals surface area contributed by atoms with Crippen molar-refractivity contribution in [3.05, 3.63) is 35.1 Å². The number of rotatable bonds is 9. The van der Waals surface area contributed by atoms with Crippen LogP contribution in [-0.4, -0.2) is 46.0 Å². The van der Waals surface area contributed by atoms with Crippen LogP contribution < -0.4 is 10.6 Å². The number of nitrogens with one attached hydrogen (secondary N) is 2. The Balaban J connectivity index is 1.97. The van der Waals surface area contributed by atoms with E-state index in [4.69, 9.17) is 11.6 Å². The highest BCUT2D eigenvalue weighted by Gasteiger charge is 2.07. The van der Waals surface area contributed by atoms with Crippen molar-refractivity contribution < 1.29 is 8.78 Å². The van der Waals surface area contributed by atoms with Crippen molar-refractivity contribution in [1.82, 2.24) is 19.9 Å². The van der Waals surface area contributed by atoms with Crippen LogP contribution in [0.5, 0.6) is 0 Å². The lowest BCUT2D eigenvalue weighted by Gasteiger charge is -2.17. The average molecular weight is 371 g/mol. The molecule has 1 aromatic carbocycles. The molecule has 0 aliphatic heterocycles. The van der Waals surface area contributed by atoms with Crippen LogP contribution in [0, 0.1) is 11.6 Å². The van der Waals surface area contributed by atoms with Crippen molar-refractivity contribution in [2.45, 2.75) is 20.3 Å². The Bertz CT molecular complexity index is 676. The van der Waals surface area contributed by atoms with E-state index in [1.807, 2.05) is 0 Å². The molecular formula is C16H21ClF2N6. The molecule has 0 aliphatic carbocycles. The van der Waals surface area contributed by atoms with Crippen molar-refractivity contribution in [1.29, 1.82) is 0 Å². The van der Waals surface area contributed by atoms with E-state index in [0.717, 1.165) is 44.3 Å². The van der Waals surface area contributed by atoms with Crippen molar-refractivity contribution in [3.63, 3.8) is 0 Å². The van der Waals surface area contributed by atoms with Gasteiger partial charge in [0.25, 0.3) is 0 Å². The SMILES string of the molecule is CCN(CC)CCCNc1nc(Cl)nc(Nc2cc(F)cc(F)c2)n1. The lowest BCUT2D eigenvalue weighted by Crippen LogP contribution is -2.25. The largest absolute Gasteiger partial charge is 0.354 e. The quantitative estimate of drug-likeness (QED) is 0.656. The number of anilines is 3. The molecule has 0 fully saturated rings. The van der Waals surface area contributed by atoms with E-state index in [1.54, 1.807) is 0 Å². The minimum atomic E-state index is -0.697. The summed E-state index contributed by atoms with van der Waals surface area (Å²) in [6.07, 6.45) is 0.919. The first-order valence-electron chi connectivity index (χ1n) is 8.11. The van der Waals surface area contributed by atoms with E-state index >= 15 is 0 Å². The summed E-state index contributed by atoms with van der Waals surface area (Å²) in [4.78, 5) is 14.4. The number of hydrogen-bond donors (Lipinski definition) is 2. The molecule has 1 aromatic heterocycles. The van der Waals surface area contributed by atoms with Gasteiger partial charge in [0, 0.05) is 18.3 Å². The summed E-state index contributed by atoms with van der Waals surface area (Å²) in [7, 11) is 0. The third-order valence-corrected chi connectivity index (χ3v) is 3.72. The molecule has 0 spiro atoms. The van der Waals surface area contributed by atoms with Crippen LogP contribution >= 0.6 is 11.6 Å². The Hall–Kier alpha value is -2.06. The first kappa shape index (κ1) is 19.3. The van der Waals surface area contributed by atoms with Crippen LogP contribution in [0.3, 0.4) is 0 Å². The van der Waals surface area contributed by atoms with Gasteiger partial charge >= 0.3 is 0 Å². The molecule has 2 N–H and O–H groups in total. The van der Waals surface area contributed by atoms with Gasteiger partial charge in [-0.25, -0.2) is 8.78 Å². The summed E-state index contributed by atoms with van der Waals surface area (Å²) >= 11 is 5.89. The maximum absolute atomic E-state index is 13.2. The topological polar surface area (TPSA) is 66.0 Å². The molecule has 0 saturated heterocycles. The Kier molecular flexibility index (Phi) is 7.27. The molecule has 2 aromatic rings. The molecule has 1 heterocycles. The molecule has 0 bridgehead atoms. The standard InChI is InChI=1S/C16H21ClF2N6/c1-3-25(4-2)7-5-6-20-15-22-14(17)23-16(24-15)21-13-9-11(18)8-12(19)10-13/h8-10H,3-7H2,1-2H3,(H2,20,21,22,23,24). The van der Waals surface area contributed by atoms with Gasteiger partial charge in [-0.2, -0.15) is 15.0 Å². The van der Waals surface area contributed by atoms with Gasteiger partial charge in [0.1, 0.15) is 11.6 Å². The lowest BCUT2D eigenvalue weighted by molar-refractivity contribution is 0.303. The predicted molar refractivity (Wildman–Crippen MR) is 95.4 cm³/mol. The molecule has 0 atom stereocenters. The second-order valence-corrected chi connectivity index (χ2v) is 5.68. The van der Waals surface area contributed by atoms with Gasteiger partial charge in [0.15, 0.2) is 0 Å². The van der Waals surface area contributed by atoms with E-state index in [1.165, 1.54) is 0 Å². The second-order valence-electron chi connectivity index (χ2n) is 5.34. The molecule has 6 nitrogen and oxygen atoms in total. The first-order chi connectivity index (χ1) is 12.0. The Morgan fingerprint density at radius 2 is 1.64 bits per heavy atom. The first-order valence-corrected chi connectivity index (χ1v) is 8.49. The average Bonchev–Trinajstić information content (AvgIpc) is 2.53. The van der Waals surface area contributed by atoms with Crippen molar-refractivity contribution in [2.75, 3.05) is 36.8 Å². The van der Waals surface area contributed by atoms with E-state index in [2.05, 4.69) is 44.3 Å². The smallest absolute Gasteiger partial charge is 0.233 e. The number of halogens is 3. The summed E-state index contributed by atoms with van der Waals surface area (Å²) in [5, 5.41) is 5.78. The third-order valence-electron chi connectivity index (χ3n) is 3.56. The maximum atomic E-state index is 13.2. The Morgan fingerprint density at radius 3 is 2.28 bits per heavy atom. The van der Waals surface area contributed by atoms with E-state index in [9.17, 15) is 8.78 Å². The van der Waals surface area contributed by atoms with E-state index in [0.29, 0.717) is 12.5 Å². The second kappa shape index (κ2) is 9.43. The minimum Gasteiger partial charge on any atom is -0.354 e. The van der Waals surface area contributed by atoms with Crippen LogP contribution in [0.25, 0.3) is 0 Å². The molecule has 136 valence electrons. The summed E-state index contributed by atoms with van der Waals surface area (Å²) in [5.74, 6) is -0.982. The monoisotopic (exact) mass is 370 g/mol. The van der Waals surface area contributed by atoms with Gasteiger partial charge in [0.05, 0.1) is 0 Å². The highest BCUT2D eigenvalue weighted by atomic mass is 35.5. The molecule has 25 heavy (non-hydrogen) atoms. The highest BCUT2D eigenvalue weighted by molar-refractivity contribution is 6.28. The van der Waals surface area contributed by atoms with Gasteiger partial charge in [-0.15, -0.1) is 0 Å². The zero-order valence-corrected chi connectivity index (χ0v) is 14.9. The number of aromatic nitrogens is 3. The van der Waals surface area contributed by atoms with Crippen molar-refractivity contribution >= 4 is 29.2 Å². The molecule has 0 radical (unpaired) electrons. The summed E-state index contributed by atoms with van der Waals surface area (Å²) in [6.45, 7) is 7.89. The van der Waals surface area contributed by atoms with Gasteiger partial charge in [-0.1, -0.05) is 13.8 Å². The molecule has 0 aliphatic rings. The lowest BCUT2D eigenvalue weighted by atomic mass is 10.3. The van der Waals surface area contributed by atoms with Crippen molar-refractivity contribution in [3.8, 4) is 0 Å². The fourth-order valence-electron chi connectivity index (χ4n) is 2.28.